The molecule has 1 aliphatic heterocycles. The Kier molecular flexibility index (Phi) is 2.82. The zero-order chi connectivity index (χ0) is 12.6. The molecule has 94 valence electrons. The predicted octanol–water partition coefficient (Wildman–Crippen LogP) is 1.43. The molecule has 1 atom stereocenters. The Hall–Kier alpha value is -1.42. The van der Waals surface area contributed by atoms with Crippen LogP contribution in [0.4, 0.5) is 0 Å². The molecule has 2 aromatic rings. The third-order valence-corrected chi connectivity index (χ3v) is 3.95. The SMILES string of the molecule is NC(CO)C1(c2ccc3ccccc3c2)COC1. The van der Waals surface area contributed by atoms with Crippen molar-refractivity contribution >= 4 is 10.8 Å². The topological polar surface area (TPSA) is 55.5 Å². The van der Waals surface area contributed by atoms with Gasteiger partial charge < -0.3 is 15.6 Å². The van der Waals surface area contributed by atoms with E-state index in [0.717, 1.165) is 5.56 Å². The zero-order valence-electron chi connectivity index (χ0n) is 10.2. The van der Waals surface area contributed by atoms with Gasteiger partial charge in [0.05, 0.1) is 25.2 Å². The molecule has 0 aliphatic carbocycles. The van der Waals surface area contributed by atoms with Crippen LogP contribution in [0.1, 0.15) is 5.56 Å². The van der Waals surface area contributed by atoms with Gasteiger partial charge in [0.25, 0.3) is 0 Å². The highest BCUT2D eigenvalue weighted by Crippen LogP contribution is 2.36. The fourth-order valence-corrected chi connectivity index (χ4v) is 2.59. The van der Waals surface area contributed by atoms with E-state index in [1.54, 1.807) is 0 Å². The maximum Gasteiger partial charge on any atom is 0.0601 e. The second-order valence-electron chi connectivity index (χ2n) is 5.00. The number of benzene rings is 2. The minimum atomic E-state index is -0.271. The fourth-order valence-electron chi connectivity index (χ4n) is 2.59. The van der Waals surface area contributed by atoms with Gasteiger partial charge in [0.15, 0.2) is 0 Å². The van der Waals surface area contributed by atoms with Gasteiger partial charge in [0.2, 0.25) is 0 Å². The molecule has 18 heavy (non-hydrogen) atoms. The molecule has 1 fully saturated rings. The first-order valence-electron chi connectivity index (χ1n) is 6.20. The first kappa shape index (κ1) is 11.7. The smallest absolute Gasteiger partial charge is 0.0601 e. The van der Waals surface area contributed by atoms with E-state index in [2.05, 4.69) is 30.3 Å². The van der Waals surface area contributed by atoms with Crippen molar-refractivity contribution in [2.45, 2.75) is 11.5 Å². The number of rotatable bonds is 3. The van der Waals surface area contributed by atoms with E-state index < -0.39 is 0 Å². The van der Waals surface area contributed by atoms with Crippen LogP contribution in [0.15, 0.2) is 42.5 Å². The Labute approximate surface area is 106 Å². The summed E-state index contributed by atoms with van der Waals surface area (Å²) < 4.78 is 5.34. The molecule has 0 saturated carbocycles. The lowest BCUT2D eigenvalue weighted by atomic mass is 9.72. The lowest BCUT2D eigenvalue weighted by Crippen LogP contribution is -2.60. The van der Waals surface area contributed by atoms with Gasteiger partial charge in [-0.1, -0.05) is 42.5 Å². The Balaban J connectivity index is 2.07. The van der Waals surface area contributed by atoms with Crippen molar-refractivity contribution < 1.29 is 9.84 Å². The van der Waals surface area contributed by atoms with E-state index in [0.29, 0.717) is 13.2 Å². The van der Waals surface area contributed by atoms with Gasteiger partial charge in [-0.2, -0.15) is 0 Å². The molecule has 3 rings (SSSR count). The lowest BCUT2D eigenvalue weighted by molar-refractivity contribution is -0.0797. The summed E-state index contributed by atoms with van der Waals surface area (Å²) in [6.07, 6.45) is 0. The molecule has 1 heterocycles. The normalized spacial score (nSPS) is 19.4. The first-order chi connectivity index (χ1) is 8.76. The minimum absolute atomic E-state index is 0.0177. The van der Waals surface area contributed by atoms with Crippen LogP contribution in [0, 0.1) is 0 Å². The Morgan fingerprint density at radius 1 is 1.17 bits per heavy atom. The summed E-state index contributed by atoms with van der Waals surface area (Å²) in [4.78, 5) is 0. The highest BCUT2D eigenvalue weighted by molar-refractivity contribution is 5.83. The van der Waals surface area contributed by atoms with Crippen LogP contribution in [0.5, 0.6) is 0 Å². The molecule has 1 unspecified atom stereocenters. The number of hydrogen-bond acceptors (Lipinski definition) is 3. The third-order valence-electron chi connectivity index (χ3n) is 3.95. The van der Waals surface area contributed by atoms with E-state index in [9.17, 15) is 5.11 Å². The van der Waals surface area contributed by atoms with Gasteiger partial charge in [-0.15, -0.1) is 0 Å². The van der Waals surface area contributed by atoms with Crippen LogP contribution in [0.25, 0.3) is 10.8 Å². The first-order valence-corrected chi connectivity index (χ1v) is 6.20. The Bertz CT molecular complexity index is 563. The standard InChI is InChI=1S/C15H17NO2/c16-14(8-17)15(9-18-10-15)13-6-5-11-3-1-2-4-12(11)7-13/h1-7,14,17H,8-10,16H2. The number of hydrogen-bond donors (Lipinski definition) is 2. The second-order valence-corrected chi connectivity index (χ2v) is 5.00. The average molecular weight is 243 g/mol. The predicted molar refractivity (Wildman–Crippen MR) is 71.5 cm³/mol. The minimum Gasteiger partial charge on any atom is -0.395 e. The van der Waals surface area contributed by atoms with Crippen LogP contribution in [0.2, 0.25) is 0 Å². The summed E-state index contributed by atoms with van der Waals surface area (Å²) in [5.74, 6) is 0. The van der Waals surface area contributed by atoms with Crippen molar-refractivity contribution in [1.29, 1.82) is 0 Å². The molecule has 3 nitrogen and oxygen atoms in total. The molecule has 1 aliphatic rings. The molecule has 0 bridgehead atoms. The molecule has 1 saturated heterocycles. The van der Waals surface area contributed by atoms with Gasteiger partial charge >= 0.3 is 0 Å². The molecule has 0 amide bonds. The van der Waals surface area contributed by atoms with E-state index in [-0.39, 0.29) is 18.1 Å². The Morgan fingerprint density at radius 3 is 2.50 bits per heavy atom. The van der Waals surface area contributed by atoms with Gasteiger partial charge in [-0.3, -0.25) is 0 Å². The fraction of sp³-hybridized carbons (Fsp3) is 0.333. The Morgan fingerprint density at radius 2 is 1.89 bits per heavy atom. The molecule has 3 heteroatoms. The molecule has 2 aromatic carbocycles. The quantitative estimate of drug-likeness (QED) is 0.857. The number of aliphatic hydroxyl groups is 1. The maximum atomic E-state index is 9.33. The van der Waals surface area contributed by atoms with Gasteiger partial charge in [0, 0.05) is 6.04 Å². The van der Waals surface area contributed by atoms with Crippen molar-refractivity contribution in [1.82, 2.24) is 0 Å². The zero-order valence-corrected chi connectivity index (χ0v) is 10.2. The number of aliphatic hydroxyl groups excluding tert-OH is 1. The van der Waals surface area contributed by atoms with Crippen molar-refractivity contribution in [2.75, 3.05) is 19.8 Å². The van der Waals surface area contributed by atoms with Gasteiger partial charge in [0.1, 0.15) is 0 Å². The summed E-state index contributed by atoms with van der Waals surface area (Å²) in [6.45, 7) is 1.16. The number of nitrogens with two attached hydrogens (primary N) is 1. The highest BCUT2D eigenvalue weighted by atomic mass is 16.5. The summed E-state index contributed by atoms with van der Waals surface area (Å²) in [5, 5.41) is 11.7. The van der Waals surface area contributed by atoms with Crippen molar-refractivity contribution in [3.63, 3.8) is 0 Å². The number of ether oxygens (including phenoxy) is 1. The van der Waals surface area contributed by atoms with E-state index in [4.69, 9.17) is 10.5 Å². The van der Waals surface area contributed by atoms with Gasteiger partial charge in [-0.05, 0) is 16.3 Å². The third kappa shape index (κ3) is 1.63. The van der Waals surface area contributed by atoms with Crippen LogP contribution in [-0.2, 0) is 10.2 Å². The largest absolute Gasteiger partial charge is 0.395 e. The van der Waals surface area contributed by atoms with Crippen molar-refractivity contribution in [3.05, 3.63) is 48.0 Å². The number of fused-ring (bicyclic) bond motifs is 1. The average Bonchev–Trinajstić information content (AvgIpc) is 2.37. The summed E-state index contributed by atoms with van der Waals surface area (Å²) >= 11 is 0. The van der Waals surface area contributed by atoms with Crippen LogP contribution in [-0.4, -0.2) is 31.0 Å². The van der Waals surface area contributed by atoms with Crippen LogP contribution in [0.3, 0.4) is 0 Å². The molecule has 0 spiro atoms. The highest BCUT2D eigenvalue weighted by Gasteiger charge is 2.45. The van der Waals surface area contributed by atoms with Crippen molar-refractivity contribution in [2.24, 2.45) is 5.73 Å². The van der Waals surface area contributed by atoms with Crippen LogP contribution >= 0.6 is 0 Å². The monoisotopic (exact) mass is 243 g/mol. The second kappa shape index (κ2) is 4.35. The summed E-state index contributed by atoms with van der Waals surface area (Å²) in [5.41, 5.74) is 7.00. The summed E-state index contributed by atoms with van der Waals surface area (Å²) in [7, 11) is 0. The molecule has 3 N–H and O–H groups in total. The van der Waals surface area contributed by atoms with Crippen LogP contribution < -0.4 is 5.73 Å². The van der Waals surface area contributed by atoms with E-state index in [1.807, 2.05) is 12.1 Å². The summed E-state index contributed by atoms with van der Waals surface area (Å²) in [6, 6.07) is 14.3. The lowest BCUT2D eigenvalue weighted by Gasteiger charge is -2.45. The molecule has 0 radical (unpaired) electrons. The van der Waals surface area contributed by atoms with Gasteiger partial charge in [-0.25, -0.2) is 0 Å². The maximum absolute atomic E-state index is 9.33. The molecular weight excluding hydrogens is 226 g/mol. The van der Waals surface area contributed by atoms with E-state index >= 15 is 0 Å². The molecule has 0 aromatic heterocycles. The van der Waals surface area contributed by atoms with E-state index in [1.165, 1.54) is 10.8 Å². The van der Waals surface area contributed by atoms with Crippen molar-refractivity contribution in [3.8, 4) is 0 Å². The molecular formula is C15H17NO2.